The van der Waals surface area contributed by atoms with Crippen molar-refractivity contribution in [3.8, 4) is 0 Å². The van der Waals surface area contributed by atoms with Gasteiger partial charge in [-0.25, -0.2) is 0 Å². The van der Waals surface area contributed by atoms with Crippen LogP contribution in [0.15, 0.2) is 30.3 Å². The van der Waals surface area contributed by atoms with Gasteiger partial charge < -0.3 is 15.2 Å². The highest BCUT2D eigenvalue weighted by Crippen LogP contribution is 2.18. The molecule has 17 heavy (non-hydrogen) atoms. The van der Waals surface area contributed by atoms with Crippen molar-refractivity contribution in [1.82, 2.24) is 5.32 Å². The first-order chi connectivity index (χ1) is 8.16. The molecule has 92 valence electrons. The number of rotatable bonds is 3. The van der Waals surface area contributed by atoms with Gasteiger partial charge in [-0.2, -0.15) is 0 Å². The molecule has 1 fully saturated rings. The van der Waals surface area contributed by atoms with Gasteiger partial charge in [-0.3, -0.25) is 4.79 Å². The molecule has 1 unspecified atom stereocenters. The van der Waals surface area contributed by atoms with Gasteiger partial charge in [-0.1, -0.05) is 30.3 Å². The maximum absolute atomic E-state index is 11.8. The minimum absolute atomic E-state index is 0.261. The highest BCUT2D eigenvalue weighted by atomic mass is 16.5. The number of nitrogens with one attached hydrogen (secondary N) is 1. The predicted octanol–water partition coefficient (Wildman–Crippen LogP) is 1.01. The first-order valence-electron chi connectivity index (χ1n) is 5.83. The number of β-amino-alcohol motifs (C(OH)–C–C–N with tert-alkyl or cyclic N) is 1. The molecule has 2 N–H and O–H groups in total. The molecule has 4 nitrogen and oxygen atoms in total. The Bertz CT molecular complexity index is 380. The van der Waals surface area contributed by atoms with Gasteiger partial charge in [0.1, 0.15) is 12.1 Å². The number of benzene rings is 1. The molecule has 1 aliphatic rings. The Hall–Kier alpha value is -1.39. The number of esters is 1. The molecule has 0 amide bonds. The van der Waals surface area contributed by atoms with Crippen molar-refractivity contribution in [2.45, 2.75) is 31.6 Å². The van der Waals surface area contributed by atoms with Crippen LogP contribution in [0.3, 0.4) is 0 Å². The Balaban J connectivity index is 1.91. The lowest BCUT2D eigenvalue weighted by atomic mass is 10.1. The molecule has 0 spiro atoms. The Kier molecular flexibility index (Phi) is 3.76. The van der Waals surface area contributed by atoms with Crippen molar-refractivity contribution in [2.75, 3.05) is 6.54 Å². The summed E-state index contributed by atoms with van der Waals surface area (Å²) in [5.74, 6) is -0.294. The molecular formula is C13H17NO3. The van der Waals surface area contributed by atoms with Crippen molar-refractivity contribution in [1.29, 1.82) is 0 Å². The van der Waals surface area contributed by atoms with Gasteiger partial charge in [-0.15, -0.1) is 0 Å². The van der Waals surface area contributed by atoms with Gasteiger partial charge >= 0.3 is 5.97 Å². The number of aliphatic hydroxyl groups excluding tert-OH is 1. The van der Waals surface area contributed by atoms with Crippen LogP contribution in [-0.4, -0.2) is 29.8 Å². The van der Waals surface area contributed by atoms with Crippen LogP contribution in [0.2, 0.25) is 0 Å². The molecule has 1 saturated heterocycles. The summed E-state index contributed by atoms with van der Waals surface area (Å²) < 4.78 is 5.36. The summed E-state index contributed by atoms with van der Waals surface area (Å²) in [5, 5.41) is 12.3. The van der Waals surface area contributed by atoms with E-state index in [1.807, 2.05) is 37.3 Å². The molecule has 2 rings (SSSR count). The SMILES string of the molecule is CC(OC(=O)[C@H]1C[C@@H](O)CN1)c1ccccc1. The summed E-state index contributed by atoms with van der Waals surface area (Å²) in [5.41, 5.74) is 0.972. The van der Waals surface area contributed by atoms with Crippen LogP contribution in [-0.2, 0) is 9.53 Å². The molecule has 0 radical (unpaired) electrons. The topological polar surface area (TPSA) is 58.6 Å². The number of hydrogen-bond acceptors (Lipinski definition) is 4. The maximum atomic E-state index is 11.8. The Labute approximate surface area is 101 Å². The second-order valence-corrected chi connectivity index (χ2v) is 4.34. The Morgan fingerprint density at radius 1 is 1.47 bits per heavy atom. The predicted molar refractivity (Wildman–Crippen MR) is 63.4 cm³/mol. The van der Waals surface area contributed by atoms with E-state index in [4.69, 9.17) is 4.74 Å². The zero-order chi connectivity index (χ0) is 12.3. The van der Waals surface area contributed by atoms with Gasteiger partial charge in [0.2, 0.25) is 0 Å². The third-order valence-electron chi connectivity index (χ3n) is 2.95. The zero-order valence-corrected chi connectivity index (χ0v) is 9.80. The fourth-order valence-electron chi connectivity index (χ4n) is 1.95. The Morgan fingerprint density at radius 3 is 2.76 bits per heavy atom. The average Bonchev–Trinajstić information content (AvgIpc) is 2.77. The lowest BCUT2D eigenvalue weighted by molar-refractivity contribution is -0.150. The van der Waals surface area contributed by atoms with E-state index in [-0.39, 0.29) is 18.1 Å². The van der Waals surface area contributed by atoms with Gasteiger partial charge in [-0.05, 0) is 12.5 Å². The first-order valence-corrected chi connectivity index (χ1v) is 5.83. The molecule has 3 atom stereocenters. The number of ether oxygens (including phenoxy) is 1. The van der Waals surface area contributed by atoms with E-state index in [1.165, 1.54) is 0 Å². The van der Waals surface area contributed by atoms with Gasteiger partial charge in [0.25, 0.3) is 0 Å². The molecule has 0 bridgehead atoms. The molecular weight excluding hydrogens is 218 g/mol. The van der Waals surface area contributed by atoms with Gasteiger partial charge in [0, 0.05) is 13.0 Å². The van der Waals surface area contributed by atoms with E-state index >= 15 is 0 Å². The fourth-order valence-corrected chi connectivity index (χ4v) is 1.95. The van der Waals surface area contributed by atoms with Crippen molar-refractivity contribution >= 4 is 5.97 Å². The molecule has 4 heteroatoms. The monoisotopic (exact) mass is 235 g/mol. The second kappa shape index (κ2) is 5.29. The summed E-state index contributed by atoms with van der Waals surface area (Å²) in [6.45, 7) is 2.30. The quantitative estimate of drug-likeness (QED) is 0.768. The van der Waals surface area contributed by atoms with E-state index in [1.54, 1.807) is 0 Å². The highest BCUT2D eigenvalue weighted by molar-refractivity contribution is 5.76. The van der Waals surface area contributed by atoms with Crippen LogP contribution in [0.5, 0.6) is 0 Å². The number of carbonyl (C=O) groups excluding carboxylic acids is 1. The summed E-state index contributed by atoms with van der Waals surface area (Å²) in [6.07, 6.45) is -0.275. The van der Waals surface area contributed by atoms with Crippen LogP contribution in [0, 0.1) is 0 Å². The second-order valence-electron chi connectivity index (χ2n) is 4.34. The van der Waals surface area contributed by atoms with Crippen molar-refractivity contribution in [2.24, 2.45) is 0 Å². The summed E-state index contributed by atoms with van der Waals surface area (Å²) >= 11 is 0. The molecule has 1 aliphatic heterocycles. The summed E-state index contributed by atoms with van der Waals surface area (Å²) in [7, 11) is 0. The van der Waals surface area contributed by atoms with Crippen LogP contribution in [0.1, 0.15) is 25.0 Å². The summed E-state index contributed by atoms with van der Waals surface area (Å²) in [6, 6.07) is 9.22. The van der Waals surface area contributed by atoms with E-state index in [9.17, 15) is 9.90 Å². The van der Waals surface area contributed by atoms with Gasteiger partial charge in [0.05, 0.1) is 6.10 Å². The van der Waals surface area contributed by atoms with E-state index in [0.717, 1.165) is 5.56 Å². The van der Waals surface area contributed by atoms with Crippen molar-refractivity contribution in [3.05, 3.63) is 35.9 Å². The number of hydrogen-bond donors (Lipinski definition) is 2. The first kappa shape index (κ1) is 12.1. The maximum Gasteiger partial charge on any atom is 0.323 e. The summed E-state index contributed by atoms with van der Waals surface area (Å²) in [4.78, 5) is 11.8. The van der Waals surface area contributed by atoms with Gasteiger partial charge in [0.15, 0.2) is 0 Å². The van der Waals surface area contributed by atoms with Crippen molar-refractivity contribution in [3.63, 3.8) is 0 Å². The largest absolute Gasteiger partial charge is 0.457 e. The molecule has 1 aromatic carbocycles. The molecule has 0 aliphatic carbocycles. The smallest absolute Gasteiger partial charge is 0.323 e. The lowest BCUT2D eigenvalue weighted by Crippen LogP contribution is -2.32. The number of aliphatic hydroxyl groups is 1. The normalized spacial score (nSPS) is 25.5. The molecule has 1 heterocycles. The molecule has 0 saturated carbocycles. The van der Waals surface area contributed by atoms with E-state index in [0.29, 0.717) is 13.0 Å². The van der Waals surface area contributed by atoms with E-state index in [2.05, 4.69) is 5.32 Å². The minimum Gasteiger partial charge on any atom is -0.457 e. The van der Waals surface area contributed by atoms with Crippen LogP contribution >= 0.6 is 0 Å². The fraction of sp³-hybridized carbons (Fsp3) is 0.462. The highest BCUT2D eigenvalue weighted by Gasteiger charge is 2.30. The third kappa shape index (κ3) is 3.05. The standard InChI is InChI=1S/C13H17NO3/c1-9(10-5-3-2-4-6-10)17-13(16)12-7-11(15)8-14-12/h2-6,9,11-12,14-15H,7-8H2,1H3/t9?,11-,12-/m1/s1. The third-order valence-corrected chi connectivity index (χ3v) is 2.95. The number of carbonyl (C=O) groups is 1. The molecule has 0 aromatic heterocycles. The Morgan fingerprint density at radius 2 is 2.18 bits per heavy atom. The van der Waals surface area contributed by atoms with Crippen LogP contribution in [0.4, 0.5) is 0 Å². The zero-order valence-electron chi connectivity index (χ0n) is 9.80. The minimum atomic E-state index is -0.445. The van der Waals surface area contributed by atoms with Crippen molar-refractivity contribution < 1.29 is 14.6 Å². The van der Waals surface area contributed by atoms with E-state index < -0.39 is 6.10 Å². The van der Waals surface area contributed by atoms with Crippen LogP contribution in [0.25, 0.3) is 0 Å². The molecule has 1 aromatic rings. The van der Waals surface area contributed by atoms with Crippen LogP contribution < -0.4 is 5.32 Å². The average molecular weight is 235 g/mol. The lowest BCUT2D eigenvalue weighted by Gasteiger charge is -2.16.